The van der Waals surface area contributed by atoms with E-state index in [-0.39, 0.29) is 12.5 Å². The molecule has 0 spiro atoms. The number of thiocarbonyl (C=S) groups is 1. The Hall–Kier alpha value is -2.96. The van der Waals surface area contributed by atoms with Gasteiger partial charge in [-0.05, 0) is 54.3 Å². The molecule has 176 valence electrons. The predicted octanol–water partition coefficient (Wildman–Crippen LogP) is 6.93. The van der Waals surface area contributed by atoms with Crippen LogP contribution in [0.4, 0.5) is 5.69 Å². The number of anilines is 1. The lowest BCUT2D eigenvalue weighted by Gasteiger charge is -2.15. The summed E-state index contributed by atoms with van der Waals surface area (Å²) in [6.45, 7) is 0.160. The zero-order valence-corrected chi connectivity index (χ0v) is 22.0. The molecule has 5 nitrogen and oxygen atoms in total. The van der Waals surface area contributed by atoms with Crippen molar-refractivity contribution < 1.29 is 14.3 Å². The van der Waals surface area contributed by atoms with Crippen molar-refractivity contribution in [3.63, 3.8) is 0 Å². The Morgan fingerprint density at radius 2 is 2.00 bits per heavy atom. The molecule has 0 N–H and O–H groups in total. The normalized spacial score (nSPS) is 14.3. The zero-order valence-electron chi connectivity index (χ0n) is 18.8. The number of ether oxygens (including phenoxy) is 2. The second-order valence-electron chi connectivity index (χ2n) is 7.31. The van der Waals surface area contributed by atoms with Gasteiger partial charge in [-0.2, -0.15) is 5.26 Å². The van der Waals surface area contributed by atoms with Gasteiger partial charge in [0.15, 0.2) is 15.8 Å². The van der Waals surface area contributed by atoms with Crippen molar-refractivity contribution >= 4 is 69.3 Å². The minimum absolute atomic E-state index is 0.160. The number of nitrogens with zero attached hydrogens (tertiary/aromatic N) is 2. The van der Waals surface area contributed by atoms with E-state index in [2.05, 4.69) is 6.07 Å². The molecule has 1 heterocycles. The fraction of sp³-hybridized carbons (Fsp3) is 0.115. The molecule has 1 saturated heterocycles. The van der Waals surface area contributed by atoms with Crippen LogP contribution in [0.15, 0.2) is 70.5 Å². The molecule has 0 aromatic heterocycles. The number of thioether (sulfide) groups is 2. The summed E-state index contributed by atoms with van der Waals surface area (Å²) < 4.78 is 11.9. The molecule has 1 aliphatic rings. The molecule has 4 rings (SSSR count). The molecule has 1 aliphatic heterocycles. The molecule has 3 aromatic rings. The van der Waals surface area contributed by atoms with E-state index in [0.29, 0.717) is 36.9 Å². The lowest BCUT2D eigenvalue weighted by molar-refractivity contribution is -0.113. The van der Waals surface area contributed by atoms with E-state index in [0.717, 1.165) is 16.1 Å². The van der Waals surface area contributed by atoms with Crippen molar-refractivity contribution in [2.75, 3.05) is 18.3 Å². The quantitative estimate of drug-likeness (QED) is 0.184. The van der Waals surface area contributed by atoms with Crippen molar-refractivity contribution in [1.82, 2.24) is 0 Å². The second kappa shape index (κ2) is 11.2. The van der Waals surface area contributed by atoms with Crippen LogP contribution in [0, 0.1) is 11.3 Å². The summed E-state index contributed by atoms with van der Waals surface area (Å²) in [6.07, 6.45) is 3.72. The number of methoxy groups -OCH3 is 1. The highest BCUT2D eigenvalue weighted by atomic mass is 35.5. The average molecular weight is 539 g/mol. The standard InChI is InChI=1S/C26H19ClN2O3S3/c1-31-22-11-16(10-21(27)24(22)32-15-18-7-4-3-6-17(18)14-28)12-23-25(30)29(26(33)35-23)19-8-5-9-20(13-19)34-2/h3-13H,15H2,1-2H3/b23-12-. The van der Waals surface area contributed by atoms with Gasteiger partial charge in [0.05, 0.1) is 34.4 Å². The zero-order chi connectivity index (χ0) is 24.9. The first-order valence-corrected chi connectivity index (χ1v) is 13.2. The Balaban J connectivity index is 1.59. The first kappa shape index (κ1) is 25.1. The summed E-state index contributed by atoms with van der Waals surface area (Å²) >= 11 is 14.9. The smallest absolute Gasteiger partial charge is 0.270 e. The van der Waals surface area contributed by atoms with E-state index < -0.39 is 0 Å². The number of nitriles is 1. The number of hydrogen-bond donors (Lipinski definition) is 0. The largest absolute Gasteiger partial charge is 0.493 e. The fourth-order valence-corrected chi connectivity index (χ4v) is 5.49. The molecule has 3 aromatic carbocycles. The van der Waals surface area contributed by atoms with Gasteiger partial charge in [-0.15, -0.1) is 11.8 Å². The Kier molecular flexibility index (Phi) is 8.04. The van der Waals surface area contributed by atoms with Gasteiger partial charge in [0.2, 0.25) is 0 Å². The van der Waals surface area contributed by atoms with E-state index in [1.807, 2.05) is 42.7 Å². The number of rotatable bonds is 7. The van der Waals surface area contributed by atoms with Gasteiger partial charge in [0.1, 0.15) is 6.61 Å². The van der Waals surface area contributed by atoms with Gasteiger partial charge >= 0.3 is 0 Å². The summed E-state index contributed by atoms with van der Waals surface area (Å²) in [5.41, 5.74) is 2.69. The first-order valence-electron chi connectivity index (χ1n) is 10.4. The number of halogens is 1. The molecule has 1 fully saturated rings. The number of hydrogen-bond acceptors (Lipinski definition) is 7. The third kappa shape index (κ3) is 5.49. The molecular weight excluding hydrogens is 520 g/mol. The summed E-state index contributed by atoms with van der Waals surface area (Å²) in [5, 5.41) is 9.62. The third-order valence-electron chi connectivity index (χ3n) is 5.16. The average Bonchev–Trinajstić information content (AvgIpc) is 3.15. The molecule has 0 bridgehead atoms. The van der Waals surface area contributed by atoms with E-state index in [1.54, 1.807) is 42.1 Å². The Morgan fingerprint density at radius 1 is 1.20 bits per heavy atom. The summed E-state index contributed by atoms with van der Waals surface area (Å²) in [4.78, 5) is 16.2. The second-order valence-corrected chi connectivity index (χ2v) is 10.3. The Morgan fingerprint density at radius 3 is 2.74 bits per heavy atom. The van der Waals surface area contributed by atoms with E-state index in [9.17, 15) is 10.1 Å². The van der Waals surface area contributed by atoms with Crippen molar-refractivity contribution in [2.45, 2.75) is 11.5 Å². The molecular formula is C26H19ClN2O3S3. The van der Waals surface area contributed by atoms with Crippen LogP contribution in [0.25, 0.3) is 6.08 Å². The highest BCUT2D eigenvalue weighted by Crippen LogP contribution is 2.40. The number of amides is 1. The van der Waals surface area contributed by atoms with Gasteiger partial charge in [0, 0.05) is 10.5 Å². The number of carbonyl (C=O) groups excluding carboxylic acids is 1. The van der Waals surface area contributed by atoms with Crippen LogP contribution in [0.3, 0.4) is 0 Å². The van der Waals surface area contributed by atoms with Crippen LogP contribution in [-0.4, -0.2) is 23.6 Å². The molecule has 0 aliphatic carbocycles. The van der Waals surface area contributed by atoms with Crippen molar-refractivity contribution in [3.05, 3.63) is 87.3 Å². The van der Waals surface area contributed by atoms with Crippen LogP contribution < -0.4 is 14.4 Å². The molecule has 0 atom stereocenters. The minimum Gasteiger partial charge on any atom is -0.493 e. The molecule has 0 unspecified atom stereocenters. The van der Waals surface area contributed by atoms with Gasteiger partial charge in [-0.1, -0.05) is 59.8 Å². The van der Waals surface area contributed by atoms with E-state index in [1.165, 1.54) is 23.8 Å². The SMILES string of the molecule is COc1cc(/C=C2\SC(=S)N(c3cccc(SC)c3)C2=O)cc(Cl)c1OCc1ccccc1C#N. The molecule has 0 radical (unpaired) electrons. The topological polar surface area (TPSA) is 62.6 Å². The fourth-order valence-electron chi connectivity index (χ4n) is 3.46. The molecule has 35 heavy (non-hydrogen) atoms. The number of carbonyl (C=O) groups is 1. The van der Waals surface area contributed by atoms with Gasteiger partial charge in [0.25, 0.3) is 5.91 Å². The van der Waals surface area contributed by atoms with Crippen LogP contribution in [0.2, 0.25) is 5.02 Å². The molecule has 9 heteroatoms. The Labute approximate surface area is 222 Å². The van der Waals surface area contributed by atoms with Gasteiger partial charge in [-0.25, -0.2) is 0 Å². The first-order chi connectivity index (χ1) is 16.9. The van der Waals surface area contributed by atoms with Crippen LogP contribution in [0.1, 0.15) is 16.7 Å². The maximum atomic E-state index is 13.2. The van der Waals surface area contributed by atoms with Gasteiger partial charge < -0.3 is 9.47 Å². The molecule has 0 saturated carbocycles. The van der Waals surface area contributed by atoms with Crippen molar-refractivity contribution in [2.24, 2.45) is 0 Å². The summed E-state index contributed by atoms with van der Waals surface area (Å²) in [6, 6.07) is 20.5. The van der Waals surface area contributed by atoms with E-state index in [4.69, 9.17) is 33.3 Å². The highest BCUT2D eigenvalue weighted by Gasteiger charge is 2.33. The monoisotopic (exact) mass is 538 g/mol. The lowest BCUT2D eigenvalue weighted by Crippen LogP contribution is -2.27. The van der Waals surface area contributed by atoms with E-state index >= 15 is 0 Å². The minimum atomic E-state index is -0.193. The van der Waals surface area contributed by atoms with Crippen LogP contribution in [-0.2, 0) is 11.4 Å². The summed E-state index contributed by atoms with van der Waals surface area (Å²) in [7, 11) is 1.52. The molecule has 1 amide bonds. The highest BCUT2D eigenvalue weighted by molar-refractivity contribution is 8.27. The third-order valence-corrected chi connectivity index (χ3v) is 7.47. The summed E-state index contributed by atoms with van der Waals surface area (Å²) in [5.74, 6) is 0.587. The predicted molar refractivity (Wildman–Crippen MR) is 147 cm³/mol. The maximum absolute atomic E-state index is 13.2. The maximum Gasteiger partial charge on any atom is 0.270 e. The lowest BCUT2D eigenvalue weighted by atomic mass is 10.1. The van der Waals surface area contributed by atoms with Crippen molar-refractivity contribution in [3.8, 4) is 17.6 Å². The van der Waals surface area contributed by atoms with Crippen LogP contribution in [0.5, 0.6) is 11.5 Å². The number of benzene rings is 3. The van der Waals surface area contributed by atoms with Crippen LogP contribution >= 0.6 is 47.3 Å². The van der Waals surface area contributed by atoms with Gasteiger partial charge in [-0.3, -0.25) is 9.69 Å². The van der Waals surface area contributed by atoms with Crippen molar-refractivity contribution in [1.29, 1.82) is 5.26 Å². The Bertz CT molecular complexity index is 1380.